The van der Waals surface area contributed by atoms with E-state index in [4.69, 9.17) is 0 Å². The van der Waals surface area contributed by atoms with E-state index < -0.39 is 0 Å². The molecule has 3 heteroatoms. The van der Waals surface area contributed by atoms with Crippen molar-refractivity contribution in [1.29, 1.82) is 0 Å². The molecule has 0 spiro atoms. The van der Waals surface area contributed by atoms with Gasteiger partial charge in [0.25, 0.3) is 0 Å². The Morgan fingerprint density at radius 1 is 1.45 bits per heavy atom. The summed E-state index contributed by atoms with van der Waals surface area (Å²) in [6.45, 7) is 1.91. The highest BCUT2D eigenvalue weighted by Crippen LogP contribution is 2.22. The normalized spacial score (nSPS) is 9.18. The van der Waals surface area contributed by atoms with E-state index in [2.05, 4.69) is 0 Å². The molecule has 1 rings (SSSR count). The standard InChI is InChI=1S/C8H11OP.BrH/c1-6-3-2-4-7(5-10)8(6)9;/h2-4,9H,5,10H2,1H3;1H. The Kier molecular flexibility index (Phi) is 4.71. The van der Waals surface area contributed by atoms with Crippen molar-refractivity contribution in [2.75, 3.05) is 0 Å². The van der Waals surface area contributed by atoms with E-state index in [-0.39, 0.29) is 17.0 Å². The molecule has 0 aliphatic carbocycles. The van der Waals surface area contributed by atoms with Crippen LogP contribution in [0.3, 0.4) is 0 Å². The van der Waals surface area contributed by atoms with Crippen LogP contribution in [0.1, 0.15) is 11.1 Å². The Bertz CT molecular complexity index is 238. The third-order valence-corrected chi connectivity index (χ3v) is 2.13. The fraction of sp³-hybridized carbons (Fsp3) is 0.250. The van der Waals surface area contributed by atoms with Crippen LogP contribution < -0.4 is 17.0 Å². The number of hydrogen-bond donors (Lipinski definition) is 1. The summed E-state index contributed by atoms with van der Waals surface area (Å²) >= 11 is 0. The Morgan fingerprint density at radius 2 is 2.09 bits per heavy atom. The molecule has 0 radical (unpaired) electrons. The van der Waals surface area contributed by atoms with Gasteiger partial charge in [-0.1, -0.05) is 18.2 Å². The average Bonchev–Trinajstić information content (AvgIpc) is 1.95. The summed E-state index contributed by atoms with van der Waals surface area (Å²) in [6, 6.07) is 5.84. The van der Waals surface area contributed by atoms with E-state index in [9.17, 15) is 5.11 Å². The molecule has 0 heterocycles. The lowest BCUT2D eigenvalue weighted by atomic mass is 10.1. The predicted octanol–water partition coefficient (Wildman–Crippen LogP) is -1.19. The second-order valence-corrected chi connectivity index (χ2v) is 2.83. The highest BCUT2D eigenvalue weighted by atomic mass is 79.9. The number of para-hydroxylation sites is 1. The van der Waals surface area contributed by atoms with Crippen molar-refractivity contribution in [3.05, 3.63) is 29.3 Å². The predicted molar refractivity (Wildman–Crippen MR) is 47.7 cm³/mol. The van der Waals surface area contributed by atoms with Crippen LogP contribution in [-0.4, -0.2) is 5.11 Å². The number of aromatic hydroxyl groups is 1. The second kappa shape index (κ2) is 4.74. The molecule has 11 heavy (non-hydrogen) atoms. The van der Waals surface area contributed by atoms with Gasteiger partial charge in [-0.25, -0.2) is 0 Å². The van der Waals surface area contributed by atoms with Crippen LogP contribution in [0.15, 0.2) is 18.2 Å². The van der Waals surface area contributed by atoms with Crippen molar-refractivity contribution >= 4 is 9.24 Å². The van der Waals surface area contributed by atoms with Gasteiger partial charge < -0.3 is 22.1 Å². The summed E-state index contributed by atoms with van der Waals surface area (Å²) in [5, 5.41) is 9.40. The van der Waals surface area contributed by atoms with Gasteiger partial charge in [0.1, 0.15) is 5.75 Å². The molecule has 1 unspecified atom stereocenters. The second-order valence-electron chi connectivity index (χ2n) is 2.33. The largest absolute Gasteiger partial charge is 1.00 e. The van der Waals surface area contributed by atoms with E-state index >= 15 is 0 Å². The van der Waals surface area contributed by atoms with Gasteiger partial charge >= 0.3 is 0 Å². The molecule has 0 amide bonds. The summed E-state index contributed by atoms with van der Waals surface area (Å²) in [6.07, 6.45) is 0.924. The molecule has 1 atom stereocenters. The minimum atomic E-state index is 0. The van der Waals surface area contributed by atoms with Gasteiger partial charge in [0, 0.05) is 5.56 Å². The van der Waals surface area contributed by atoms with Crippen LogP contribution in [0.4, 0.5) is 0 Å². The van der Waals surface area contributed by atoms with Crippen LogP contribution >= 0.6 is 9.24 Å². The van der Waals surface area contributed by atoms with Crippen molar-refractivity contribution in [3.8, 4) is 5.75 Å². The lowest BCUT2D eigenvalue weighted by molar-refractivity contribution is -0.00000296. The third-order valence-electron chi connectivity index (χ3n) is 1.59. The van der Waals surface area contributed by atoms with Crippen molar-refractivity contribution in [1.82, 2.24) is 0 Å². The topological polar surface area (TPSA) is 20.2 Å². The van der Waals surface area contributed by atoms with Gasteiger partial charge in [0.05, 0.1) is 6.16 Å². The summed E-state index contributed by atoms with van der Waals surface area (Å²) in [4.78, 5) is 0. The number of hydrogen-bond acceptors (Lipinski definition) is 1. The maximum absolute atomic E-state index is 9.40. The number of phenolic OH excluding ortho intramolecular Hbond substituents is 1. The molecule has 1 N–H and O–H groups in total. The molecule has 1 aromatic carbocycles. The summed E-state index contributed by atoms with van der Waals surface area (Å²) in [5.41, 5.74) is 2.00. The van der Waals surface area contributed by atoms with Gasteiger partial charge in [-0.15, -0.1) is 0 Å². The summed E-state index contributed by atoms with van der Waals surface area (Å²) in [5.74, 6) is 0.456. The van der Waals surface area contributed by atoms with Crippen molar-refractivity contribution in [2.24, 2.45) is 0 Å². The molecule has 0 aromatic heterocycles. The highest BCUT2D eigenvalue weighted by Gasteiger charge is 2.01. The molecule has 62 valence electrons. The van der Waals surface area contributed by atoms with E-state index in [0.717, 1.165) is 17.3 Å². The zero-order valence-corrected chi connectivity index (χ0v) is 9.47. The Labute approximate surface area is 79.8 Å². The van der Waals surface area contributed by atoms with Gasteiger partial charge in [0.2, 0.25) is 0 Å². The number of aryl methyl sites for hydroxylation is 1. The molecule has 0 saturated heterocycles. The Balaban J connectivity index is 0.000001000. The van der Waals surface area contributed by atoms with Gasteiger partial charge in [-0.2, -0.15) is 0 Å². The highest BCUT2D eigenvalue weighted by molar-refractivity contribution is 7.15. The maximum atomic E-state index is 9.40. The fourth-order valence-corrected chi connectivity index (χ4v) is 1.32. The molecule has 0 saturated carbocycles. The number of phenols is 1. The first-order valence-electron chi connectivity index (χ1n) is 3.32. The molecule has 0 aliphatic rings. The molecular formula is C8H12BrOP. The summed E-state index contributed by atoms with van der Waals surface area (Å²) in [7, 11) is 1.85. The van der Waals surface area contributed by atoms with Gasteiger partial charge in [0.15, 0.2) is 0 Å². The number of benzene rings is 1. The first-order valence-corrected chi connectivity index (χ1v) is 4.32. The van der Waals surface area contributed by atoms with Gasteiger partial charge in [-0.3, -0.25) is 0 Å². The minimum absolute atomic E-state index is 0. The van der Waals surface area contributed by atoms with Crippen LogP contribution in [0, 0.1) is 6.92 Å². The zero-order valence-electron chi connectivity index (χ0n) is 6.47. The number of rotatable bonds is 1. The van der Waals surface area contributed by atoms with E-state index in [1.54, 1.807) is 0 Å². The smallest absolute Gasteiger partial charge is 0.125 e. The lowest BCUT2D eigenvalue weighted by Crippen LogP contribution is -3.00. The van der Waals surface area contributed by atoms with Crippen LogP contribution in [0.2, 0.25) is 0 Å². The van der Waals surface area contributed by atoms with Crippen LogP contribution in [0.25, 0.3) is 0 Å². The van der Waals surface area contributed by atoms with Crippen molar-refractivity contribution < 1.29 is 22.1 Å². The van der Waals surface area contributed by atoms with E-state index in [1.807, 2.05) is 34.4 Å². The molecule has 0 fully saturated rings. The Morgan fingerprint density at radius 3 is 2.55 bits per heavy atom. The SMILES string of the molecule is Cc1cccc(C[PH3+])c1O.[Br-]. The van der Waals surface area contributed by atoms with E-state index in [1.165, 1.54) is 0 Å². The van der Waals surface area contributed by atoms with Crippen LogP contribution in [-0.2, 0) is 6.16 Å². The fourth-order valence-electron chi connectivity index (χ4n) is 0.921. The van der Waals surface area contributed by atoms with Gasteiger partial charge in [-0.05, 0) is 21.7 Å². The number of halogens is 1. The van der Waals surface area contributed by atoms with Crippen molar-refractivity contribution in [2.45, 2.75) is 13.1 Å². The molecule has 1 aromatic rings. The third kappa shape index (κ3) is 2.46. The summed E-state index contributed by atoms with van der Waals surface area (Å²) < 4.78 is 0. The quantitative estimate of drug-likeness (QED) is 0.607. The first-order chi connectivity index (χ1) is 4.75. The molecule has 1 nitrogen and oxygen atoms in total. The lowest BCUT2D eigenvalue weighted by Gasteiger charge is -2.00. The van der Waals surface area contributed by atoms with Crippen LogP contribution in [0.5, 0.6) is 5.75 Å². The first kappa shape index (κ1) is 10.9. The molecule has 0 aliphatic heterocycles. The zero-order chi connectivity index (χ0) is 7.56. The monoisotopic (exact) mass is 234 g/mol. The maximum Gasteiger partial charge on any atom is 0.125 e. The Hall–Kier alpha value is -0.0700. The van der Waals surface area contributed by atoms with E-state index in [0.29, 0.717) is 5.75 Å². The van der Waals surface area contributed by atoms with Crippen molar-refractivity contribution in [3.63, 3.8) is 0 Å². The minimum Gasteiger partial charge on any atom is -1.00 e. The molecular weight excluding hydrogens is 223 g/mol. The average molecular weight is 235 g/mol. The molecule has 0 bridgehead atoms.